The zero-order chi connectivity index (χ0) is 61.2. The van der Waals surface area contributed by atoms with Gasteiger partial charge in [0.15, 0.2) is 23.0 Å². The smallest absolute Gasteiger partial charge is 0.309 e. The Kier molecular flexibility index (Phi) is 21.0. The summed E-state index contributed by atoms with van der Waals surface area (Å²) in [4.78, 5) is 57.5. The summed E-state index contributed by atoms with van der Waals surface area (Å²) < 4.78 is 28.1. The molecule has 0 saturated carbocycles. The molecule has 15 nitrogen and oxygen atoms in total. The molecule has 86 heavy (non-hydrogen) atoms. The largest absolute Gasteiger partial charge is 0.493 e. The van der Waals surface area contributed by atoms with Gasteiger partial charge in [-0.2, -0.15) is 0 Å². The summed E-state index contributed by atoms with van der Waals surface area (Å²) in [6.45, 7) is 15.7. The van der Waals surface area contributed by atoms with E-state index >= 15 is 0 Å². The number of amides is 2. The van der Waals surface area contributed by atoms with Crippen LogP contribution in [-0.4, -0.2) is 90.6 Å². The molecule has 2 saturated heterocycles. The number of carbonyl (C=O) groups excluding carboxylic acids is 2. The van der Waals surface area contributed by atoms with Crippen LogP contribution in [0.4, 0.5) is 11.4 Å². The van der Waals surface area contributed by atoms with Crippen LogP contribution in [0.5, 0.6) is 28.7 Å². The molecule has 2 amide bonds. The summed E-state index contributed by atoms with van der Waals surface area (Å²) in [6.07, 6.45) is 9.43. The van der Waals surface area contributed by atoms with Crippen molar-refractivity contribution in [3.63, 3.8) is 0 Å². The number of nitrogens with one attached hydrogen (secondary N) is 2. The van der Waals surface area contributed by atoms with Crippen molar-refractivity contribution in [2.75, 3.05) is 57.5 Å². The Morgan fingerprint density at radius 3 is 1.53 bits per heavy atom. The minimum Gasteiger partial charge on any atom is -0.493 e. The third-order valence-electron chi connectivity index (χ3n) is 17.6. The van der Waals surface area contributed by atoms with Gasteiger partial charge >= 0.3 is 11.9 Å². The van der Waals surface area contributed by atoms with Gasteiger partial charge in [-0.1, -0.05) is 139 Å². The number of hydrogen-bond acceptors (Lipinski definition) is 11. The molecule has 0 radical (unpaired) electrons. The fourth-order valence-corrected chi connectivity index (χ4v) is 13.5. The van der Waals surface area contributed by atoms with Gasteiger partial charge < -0.3 is 44.5 Å². The van der Waals surface area contributed by atoms with E-state index in [1.807, 2.05) is 109 Å². The zero-order valence-corrected chi connectivity index (χ0v) is 51.7. The van der Waals surface area contributed by atoms with E-state index in [0.717, 1.165) is 126 Å². The molecule has 0 spiro atoms. The highest BCUT2D eigenvalue weighted by Crippen LogP contribution is 2.52. The van der Waals surface area contributed by atoms with Crippen molar-refractivity contribution >= 4 is 46.7 Å². The number of halogens is 1. The van der Waals surface area contributed by atoms with Crippen molar-refractivity contribution in [3.05, 3.63) is 169 Å². The third kappa shape index (κ3) is 13.8. The third-order valence-corrected chi connectivity index (χ3v) is 17.9. The number of likely N-dealkylation sites (tertiary alicyclic amines) is 2. The maximum Gasteiger partial charge on any atom is 0.309 e. The summed E-state index contributed by atoms with van der Waals surface area (Å²) in [7, 11) is 1.55. The van der Waals surface area contributed by atoms with Gasteiger partial charge in [0.1, 0.15) is 0 Å². The number of rotatable bonds is 23. The minimum absolute atomic E-state index is 0.0269. The molecule has 4 heterocycles. The van der Waals surface area contributed by atoms with E-state index in [0.29, 0.717) is 46.9 Å². The molecule has 0 aromatic heterocycles. The lowest BCUT2D eigenvalue weighted by Gasteiger charge is -2.27. The lowest BCUT2D eigenvalue weighted by atomic mass is 9.81. The van der Waals surface area contributed by atoms with Crippen molar-refractivity contribution < 1.29 is 53.1 Å². The summed E-state index contributed by atoms with van der Waals surface area (Å²) in [6, 6.07) is 32.9. The van der Waals surface area contributed by atoms with Crippen LogP contribution in [0.25, 0.3) is 0 Å². The molecule has 0 aliphatic carbocycles. The Hall–Kier alpha value is -7.59. The second kappa shape index (κ2) is 28.7. The summed E-state index contributed by atoms with van der Waals surface area (Å²) in [5.41, 5.74) is 12.6. The Labute approximate surface area is 511 Å². The normalized spacial score (nSPS) is 19.5. The van der Waals surface area contributed by atoms with Crippen LogP contribution >= 0.6 is 11.6 Å². The molecule has 2 fully saturated rings. The highest BCUT2D eigenvalue weighted by molar-refractivity contribution is 6.30. The first-order chi connectivity index (χ1) is 41.6. The summed E-state index contributed by atoms with van der Waals surface area (Å²) >= 11 is 6.35. The average Bonchev–Trinajstić information content (AvgIpc) is 2.44. The maximum atomic E-state index is 13.7. The van der Waals surface area contributed by atoms with Gasteiger partial charge in [-0.25, -0.2) is 0 Å². The molecule has 10 rings (SSSR count). The number of nitrogens with zero attached hydrogens (tertiary/aromatic N) is 2. The number of hydrogen-bond donors (Lipinski definition) is 4. The minimum atomic E-state index is -0.922. The van der Waals surface area contributed by atoms with E-state index in [9.17, 15) is 29.4 Å². The number of anilines is 2. The molecule has 6 atom stereocenters. The first-order valence-electron chi connectivity index (χ1n) is 30.6. The standard InChI is InChI=1S/C35H41ClN2O6.C35H42N2O5/c1-5-8-9-21-10-12-24(13-11-21)33-31(35(40)41)27(25-16-28(42-4)34-29(17-25)43-20-44-34)18-38(33)19-30(39)37-32-22(6-2)14-26(36)15-23(32)7-3;1-5-8-10-23-13-15-26(16-14-23)33-31(35(39)40)28(27-17-18-29-34(22(27)4)42-21-41-29)19-37(33)20-30(38)36-32-24(6-2)11-9-12-25(32)7-3/h10-17,27,31,33H,5-9,18-20H2,1-4H3,(H,37,39)(H,40,41);9,11-18,28,31,33H,5-8,10,19-21H2,1-4H3,(H,36,38)(H,39,40)/t27-,31?,33+;28-,31?,33+/m11/s1. The molecule has 4 N–H and O–H groups in total. The Morgan fingerprint density at radius 2 is 1.05 bits per heavy atom. The molecule has 0 bridgehead atoms. The SMILES string of the molecule is CCCCc1ccc([C@H]2C(C(=O)O)[C@@H](c3cc(OC)c4c(c3)OCO4)CN2CC(=O)Nc2c(CC)cc(Cl)cc2CC)cc1.CCCCc1ccc([C@H]2C(C(=O)O)[C@@H](c3ccc4c(c3C)OCO4)CN2CC(=O)Nc2c(CC)cccc2CC)cc1. The predicted molar refractivity (Wildman–Crippen MR) is 336 cm³/mol. The number of carboxylic acid groups (broad SMARTS) is 2. The number of carboxylic acids is 2. The van der Waals surface area contributed by atoms with E-state index in [4.69, 9.17) is 35.3 Å². The van der Waals surface area contributed by atoms with Crippen LogP contribution in [0.15, 0.2) is 103 Å². The van der Waals surface area contributed by atoms with Gasteiger partial charge in [0.05, 0.1) is 32.0 Å². The van der Waals surface area contributed by atoms with Crippen molar-refractivity contribution in [1.29, 1.82) is 0 Å². The van der Waals surface area contributed by atoms with Gasteiger partial charge in [-0.15, -0.1) is 0 Å². The molecule has 6 aromatic rings. The second-order valence-electron chi connectivity index (χ2n) is 22.9. The molecule has 4 aliphatic heterocycles. The number of unbranched alkanes of at least 4 members (excludes halogenated alkanes) is 2. The van der Waals surface area contributed by atoms with E-state index in [2.05, 4.69) is 62.6 Å². The van der Waals surface area contributed by atoms with Crippen LogP contribution in [0.3, 0.4) is 0 Å². The number of fused-ring (bicyclic) bond motifs is 2. The van der Waals surface area contributed by atoms with E-state index in [1.165, 1.54) is 11.1 Å². The maximum absolute atomic E-state index is 13.7. The number of benzene rings is 6. The molecular weight excluding hydrogens is 1110 g/mol. The van der Waals surface area contributed by atoms with E-state index in [-0.39, 0.29) is 44.4 Å². The second-order valence-corrected chi connectivity index (χ2v) is 23.3. The fraction of sp³-hybridized carbons (Fsp3) is 0.429. The molecule has 456 valence electrons. The van der Waals surface area contributed by atoms with Crippen LogP contribution < -0.4 is 34.3 Å². The van der Waals surface area contributed by atoms with Gasteiger partial charge in [-0.3, -0.25) is 29.0 Å². The quantitative estimate of drug-likeness (QED) is 0.0475. The topological polar surface area (TPSA) is 185 Å². The molecule has 4 aliphatic rings. The van der Waals surface area contributed by atoms with Crippen LogP contribution in [0, 0.1) is 18.8 Å². The molecular formula is C70H83ClN4O11. The number of ether oxygens (including phenoxy) is 5. The predicted octanol–water partition coefficient (Wildman–Crippen LogP) is 13.7. The number of para-hydroxylation sites is 1. The Balaban J connectivity index is 0.000000206. The van der Waals surface area contributed by atoms with Gasteiger partial charge in [-0.05, 0) is 150 Å². The summed E-state index contributed by atoms with van der Waals surface area (Å²) in [5, 5.41) is 28.3. The fourth-order valence-electron chi connectivity index (χ4n) is 13.2. The Morgan fingerprint density at radius 1 is 0.570 bits per heavy atom. The van der Waals surface area contributed by atoms with Crippen LogP contribution in [-0.2, 0) is 57.7 Å². The average molecular weight is 1190 g/mol. The number of carbonyl (C=O) groups is 4. The number of aryl methyl sites for hydroxylation is 6. The molecule has 2 unspecified atom stereocenters. The first-order valence-corrected chi connectivity index (χ1v) is 31.0. The summed E-state index contributed by atoms with van der Waals surface area (Å²) in [5.74, 6) is -1.56. The van der Waals surface area contributed by atoms with Gasteiger partial charge in [0, 0.05) is 53.4 Å². The van der Waals surface area contributed by atoms with Gasteiger partial charge in [0.2, 0.25) is 31.1 Å². The Bertz CT molecular complexity index is 3340. The van der Waals surface area contributed by atoms with Crippen molar-refractivity contribution in [2.45, 2.75) is 137 Å². The zero-order valence-electron chi connectivity index (χ0n) is 50.9. The van der Waals surface area contributed by atoms with Crippen LogP contribution in [0.1, 0.15) is 152 Å². The first kappa shape index (κ1) is 62.9. The van der Waals surface area contributed by atoms with E-state index in [1.54, 1.807) is 7.11 Å². The number of aliphatic carboxylic acids is 2. The van der Waals surface area contributed by atoms with Crippen molar-refractivity contribution in [1.82, 2.24) is 9.80 Å². The van der Waals surface area contributed by atoms with E-state index < -0.39 is 41.8 Å². The van der Waals surface area contributed by atoms with Crippen molar-refractivity contribution in [2.24, 2.45) is 11.8 Å². The molecule has 6 aromatic carbocycles. The van der Waals surface area contributed by atoms with Crippen molar-refractivity contribution in [3.8, 4) is 28.7 Å². The molecule has 16 heteroatoms. The lowest BCUT2D eigenvalue weighted by Crippen LogP contribution is -2.35. The monoisotopic (exact) mass is 1190 g/mol. The highest BCUT2D eigenvalue weighted by atomic mass is 35.5. The van der Waals surface area contributed by atoms with Crippen LogP contribution in [0.2, 0.25) is 5.02 Å². The number of methoxy groups -OCH3 is 1. The highest BCUT2D eigenvalue weighted by Gasteiger charge is 2.50. The van der Waals surface area contributed by atoms with Gasteiger partial charge in [0.25, 0.3) is 0 Å². The lowest BCUT2D eigenvalue weighted by molar-refractivity contribution is -0.144.